The molecule has 0 bridgehead atoms. The lowest BCUT2D eigenvalue weighted by Crippen LogP contribution is -2.21. The SMILES string of the molecule is Cc1c(-c2ccccc2)sc2ncn(Cc3ccc(C(=O)Nc4ccccc4)cc3)c(=O)c12. The van der Waals surface area contributed by atoms with Crippen LogP contribution >= 0.6 is 11.3 Å². The third-order valence-electron chi connectivity index (χ3n) is 5.55. The van der Waals surface area contributed by atoms with Gasteiger partial charge in [-0.05, 0) is 47.9 Å². The van der Waals surface area contributed by atoms with E-state index in [2.05, 4.69) is 10.3 Å². The first-order valence-corrected chi connectivity index (χ1v) is 11.4. The minimum atomic E-state index is -0.171. The van der Waals surface area contributed by atoms with E-state index in [1.807, 2.05) is 79.7 Å². The van der Waals surface area contributed by atoms with Gasteiger partial charge < -0.3 is 5.32 Å². The fourth-order valence-corrected chi connectivity index (χ4v) is 4.96. The molecule has 1 amide bonds. The van der Waals surface area contributed by atoms with Crippen LogP contribution in [-0.4, -0.2) is 15.5 Å². The number of nitrogens with zero attached hydrogens (tertiary/aromatic N) is 2. The molecular weight excluding hydrogens is 430 g/mol. The third kappa shape index (κ3) is 4.21. The molecule has 0 saturated heterocycles. The van der Waals surface area contributed by atoms with Crippen molar-refractivity contribution in [3.05, 3.63) is 118 Å². The van der Waals surface area contributed by atoms with Crippen molar-refractivity contribution in [1.29, 1.82) is 0 Å². The molecule has 0 saturated carbocycles. The number of fused-ring (bicyclic) bond motifs is 1. The summed E-state index contributed by atoms with van der Waals surface area (Å²) < 4.78 is 1.62. The Morgan fingerprint density at radius 2 is 1.61 bits per heavy atom. The minimum absolute atomic E-state index is 0.0539. The van der Waals surface area contributed by atoms with Crippen molar-refractivity contribution in [3.63, 3.8) is 0 Å². The monoisotopic (exact) mass is 451 g/mol. The average molecular weight is 452 g/mol. The number of nitrogens with one attached hydrogen (secondary N) is 1. The second-order valence-electron chi connectivity index (χ2n) is 7.80. The molecule has 2 heterocycles. The van der Waals surface area contributed by atoms with Gasteiger partial charge in [0.25, 0.3) is 11.5 Å². The van der Waals surface area contributed by atoms with E-state index in [9.17, 15) is 9.59 Å². The zero-order chi connectivity index (χ0) is 22.8. The molecule has 6 heteroatoms. The Bertz CT molecular complexity index is 1490. The van der Waals surface area contributed by atoms with E-state index in [1.54, 1.807) is 34.4 Å². The summed E-state index contributed by atoms with van der Waals surface area (Å²) in [5.41, 5.74) is 4.23. The zero-order valence-electron chi connectivity index (χ0n) is 18.0. The Morgan fingerprint density at radius 1 is 0.939 bits per heavy atom. The maximum atomic E-state index is 13.2. The standard InChI is InChI=1S/C27H21N3O2S/c1-18-23-26(33-24(18)20-8-4-2-5-9-20)28-17-30(27(23)32)16-19-12-14-21(15-13-19)25(31)29-22-10-6-3-7-11-22/h2-15,17H,16H2,1H3,(H,29,31). The van der Waals surface area contributed by atoms with E-state index < -0.39 is 0 Å². The lowest BCUT2D eigenvalue weighted by Gasteiger charge is -2.08. The first kappa shape index (κ1) is 20.8. The predicted molar refractivity (Wildman–Crippen MR) is 134 cm³/mol. The van der Waals surface area contributed by atoms with Gasteiger partial charge in [-0.15, -0.1) is 11.3 Å². The molecule has 3 aromatic carbocycles. The molecule has 0 aliphatic carbocycles. The van der Waals surface area contributed by atoms with Crippen LogP contribution in [0.1, 0.15) is 21.5 Å². The number of carbonyl (C=O) groups excluding carboxylic acids is 1. The Balaban J connectivity index is 1.39. The molecule has 33 heavy (non-hydrogen) atoms. The van der Waals surface area contributed by atoms with Crippen molar-refractivity contribution in [2.45, 2.75) is 13.5 Å². The quantitative estimate of drug-likeness (QED) is 0.371. The number of anilines is 1. The lowest BCUT2D eigenvalue weighted by atomic mass is 10.1. The smallest absolute Gasteiger partial charge is 0.262 e. The number of thiophene rings is 1. The average Bonchev–Trinajstić information content (AvgIpc) is 3.19. The normalized spacial score (nSPS) is 10.9. The summed E-state index contributed by atoms with van der Waals surface area (Å²) in [4.78, 5) is 32.1. The van der Waals surface area contributed by atoms with Crippen LogP contribution < -0.4 is 10.9 Å². The van der Waals surface area contributed by atoms with Gasteiger partial charge in [0.2, 0.25) is 0 Å². The summed E-state index contributed by atoms with van der Waals surface area (Å²) in [7, 11) is 0. The van der Waals surface area contributed by atoms with Crippen molar-refractivity contribution < 1.29 is 4.79 Å². The van der Waals surface area contributed by atoms with Crippen LogP contribution in [0.5, 0.6) is 0 Å². The molecule has 0 aliphatic rings. The molecule has 2 aromatic heterocycles. The van der Waals surface area contributed by atoms with E-state index in [-0.39, 0.29) is 11.5 Å². The maximum absolute atomic E-state index is 13.2. The number of aryl methyl sites for hydroxylation is 1. The summed E-state index contributed by atoms with van der Waals surface area (Å²) in [5, 5.41) is 3.54. The highest BCUT2D eigenvalue weighted by Crippen LogP contribution is 2.35. The predicted octanol–water partition coefficient (Wildman–Crippen LogP) is 5.73. The number of hydrogen-bond donors (Lipinski definition) is 1. The number of amides is 1. The molecule has 0 unspecified atom stereocenters. The highest BCUT2D eigenvalue weighted by molar-refractivity contribution is 7.22. The van der Waals surface area contributed by atoms with Crippen molar-refractivity contribution in [2.24, 2.45) is 0 Å². The van der Waals surface area contributed by atoms with Gasteiger partial charge in [-0.1, -0.05) is 60.7 Å². The van der Waals surface area contributed by atoms with Gasteiger partial charge in [-0.25, -0.2) is 4.98 Å². The Kier molecular flexibility index (Phi) is 5.59. The molecule has 1 N–H and O–H groups in total. The Morgan fingerprint density at radius 3 is 2.30 bits per heavy atom. The van der Waals surface area contributed by atoms with Gasteiger partial charge in [-0.3, -0.25) is 14.2 Å². The lowest BCUT2D eigenvalue weighted by molar-refractivity contribution is 0.102. The van der Waals surface area contributed by atoms with Gasteiger partial charge in [0.15, 0.2) is 0 Å². The molecule has 0 radical (unpaired) electrons. The van der Waals surface area contributed by atoms with Crippen LogP contribution in [0.25, 0.3) is 20.7 Å². The van der Waals surface area contributed by atoms with Crippen LogP contribution in [0.3, 0.4) is 0 Å². The van der Waals surface area contributed by atoms with Crippen LogP contribution in [-0.2, 0) is 6.54 Å². The largest absolute Gasteiger partial charge is 0.322 e. The number of para-hydroxylation sites is 1. The first-order chi connectivity index (χ1) is 16.1. The summed E-state index contributed by atoms with van der Waals surface area (Å²) >= 11 is 1.54. The number of aromatic nitrogens is 2. The number of hydrogen-bond acceptors (Lipinski definition) is 4. The van der Waals surface area contributed by atoms with Crippen molar-refractivity contribution in [3.8, 4) is 10.4 Å². The van der Waals surface area contributed by atoms with Gasteiger partial charge in [-0.2, -0.15) is 0 Å². The Labute approximate surface area is 195 Å². The second-order valence-corrected chi connectivity index (χ2v) is 8.80. The van der Waals surface area contributed by atoms with Crippen LogP contribution in [0.4, 0.5) is 5.69 Å². The minimum Gasteiger partial charge on any atom is -0.322 e. The molecule has 162 valence electrons. The number of benzene rings is 3. The van der Waals surface area contributed by atoms with Crippen molar-refractivity contribution in [1.82, 2.24) is 9.55 Å². The van der Waals surface area contributed by atoms with Crippen LogP contribution in [0.2, 0.25) is 0 Å². The molecule has 5 aromatic rings. The highest BCUT2D eigenvalue weighted by atomic mass is 32.1. The molecule has 0 atom stereocenters. The third-order valence-corrected chi connectivity index (χ3v) is 6.80. The maximum Gasteiger partial charge on any atom is 0.262 e. The second kappa shape index (κ2) is 8.84. The highest BCUT2D eigenvalue weighted by Gasteiger charge is 2.16. The molecule has 0 spiro atoms. The summed E-state index contributed by atoms with van der Waals surface area (Å²) in [6.07, 6.45) is 1.60. The fourth-order valence-electron chi connectivity index (χ4n) is 3.82. The number of carbonyl (C=O) groups is 1. The van der Waals surface area contributed by atoms with Gasteiger partial charge in [0.1, 0.15) is 4.83 Å². The van der Waals surface area contributed by atoms with Crippen LogP contribution in [0.15, 0.2) is 96.1 Å². The molecule has 0 aliphatic heterocycles. The van der Waals surface area contributed by atoms with E-state index in [0.717, 1.165) is 32.1 Å². The van der Waals surface area contributed by atoms with E-state index in [1.165, 1.54) is 0 Å². The molecule has 5 rings (SSSR count). The molecule has 0 fully saturated rings. The fraction of sp³-hybridized carbons (Fsp3) is 0.0741. The molecular formula is C27H21N3O2S. The summed E-state index contributed by atoms with van der Waals surface area (Å²) in [5.74, 6) is -0.171. The number of rotatable bonds is 5. The van der Waals surface area contributed by atoms with Gasteiger partial charge >= 0.3 is 0 Å². The van der Waals surface area contributed by atoms with Crippen molar-refractivity contribution in [2.75, 3.05) is 5.32 Å². The van der Waals surface area contributed by atoms with E-state index >= 15 is 0 Å². The Hall–Kier alpha value is -4.03. The van der Waals surface area contributed by atoms with Crippen LogP contribution in [0, 0.1) is 6.92 Å². The van der Waals surface area contributed by atoms with E-state index in [4.69, 9.17) is 0 Å². The molecule has 5 nitrogen and oxygen atoms in total. The van der Waals surface area contributed by atoms with Crippen molar-refractivity contribution >= 4 is 33.1 Å². The summed E-state index contributed by atoms with van der Waals surface area (Å²) in [6, 6.07) is 26.7. The topological polar surface area (TPSA) is 64.0 Å². The van der Waals surface area contributed by atoms with Gasteiger partial charge in [0, 0.05) is 16.1 Å². The summed E-state index contributed by atoms with van der Waals surface area (Å²) in [6.45, 7) is 2.37. The first-order valence-electron chi connectivity index (χ1n) is 10.6. The van der Waals surface area contributed by atoms with E-state index in [0.29, 0.717) is 17.5 Å². The van der Waals surface area contributed by atoms with Gasteiger partial charge in [0.05, 0.1) is 18.3 Å². The zero-order valence-corrected chi connectivity index (χ0v) is 18.8.